The first-order chi connectivity index (χ1) is 6.68. The molecule has 4 nitrogen and oxygen atoms in total. The summed E-state index contributed by atoms with van der Waals surface area (Å²) in [5, 5.41) is 2.01. The van der Waals surface area contributed by atoms with Crippen LogP contribution in [0.15, 0.2) is 24.3 Å². The Morgan fingerprint density at radius 3 is 2.86 bits per heavy atom. The highest BCUT2D eigenvalue weighted by molar-refractivity contribution is 6.66. The molecule has 0 saturated heterocycles. The molecule has 14 heavy (non-hydrogen) atoms. The average molecular weight is 211 g/mol. The van der Waals surface area contributed by atoms with Crippen molar-refractivity contribution in [3.8, 4) is 0 Å². The quantitative estimate of drug-likeness (QED) is 0.524. The second-order valence-electron chi connectivity index (χ2n) is 2.90. The lowest BCUT2D eigenvalue weighted by Gasteiger charge is -2.26. The molecule has 1 aliphatic heterocycles. The maximum absolute atomic E-state index is 11.2. The van der Waals surface area contributed by atoms with Crippen molar-refractivity contribution in [3.63, 3.8) is 0 Å². The molecule has 0 aliphatic carbocycles. The molecule has 2 rings (SSSR count). The third-order valence-corrected chi connectivity index (χ3v) is 2.19. The predicted molar refractivity (Wildman–Crippen MR) is 53.7 cm³/mol. The van der Waals surface area contributed by atoms with E-state index in [9.17, 15) is 9.59 Å². The second kappa shape index (κ2) is 3.31. The normalized spacial score (nSPS) is 14.6. The Morgan fingerprint density at radius 2 is 2.14 bits per heavy atom. The van der Waals surface area contributed by atoms with Crippen molar-refractivity contribution < 1.29 is 9.59 Å². The zero-order chi connectivity index (χ0) is 10.1. The maximum Gasteiger partial charge on any atom is 0.321 e. The van der Waals surface area contributed by atoms with Crippen molar-refractivity contribution in [2.24, 2.45) is 0 Å². The smallest absolute Gasteiger partial charge is 0.321 e. The Hall–Kier alpha value is -1.55. The van der Waals surface area contributed by atoms with Crippen LogP contribution < -0.4 is 10.2 Å². The number of para-hydroxylation sites is 2. The van der Waals surface area contributed by atoms with Crippen LogP contribution in [0.3, 0.4) is 0 Å². The molecule has 2 amide bonds. The summed E-state index contributed by atoms with van der Waals surface area (Å²) in [6.45, 7) is -0.0284. The van der Waals surface area contributed by atoms with Crippen LogP contribution in [0.4, 0.5) is 16.2 Å². The summed E-state index contributed by atoms with van der Waals surface area (Å²) in [4.78, 5) is 23.4. The van der Waals surface area contributed by atoms with E-state index in [0.29, 0.717) is 11.4 Å². The van der Waals surface area contributed by atoms with Gasteiger partial charge in [0.2, 0.25) is 5.91 Å². The Morgan fingerprint density at radius 1 is 1.43 bits per heavy atom. The number of nitrogens with one attached hydrogen (secondary N) is 1. The van der Waals surface area contributed by atoms with Gasteiger partial charge in [-0.25, -0.2) is 0 Å². The third kappa shape index (κ3) is 1.44. The number of benzene rings is 1. The Kier molecular flexibility index (Phi) is 2.13. The number of fused-ring (bicyclic) bond motifs is 1. The highest BCUT2D eigenvalue weighted by Gasteiger charge is 2.24. The molecule has 0 bridgehead atoms. The third-order valence-electron chi connectivity index (χ3n) is 1.98. The van der Waals surface area contributed by atoms with Crippen LogP contribution in [0.5, 0.6) is 0 Å². The van der Waals surface area contributed by atoms with Gasteiger partial charge in [-0.15, -0.1) is 0 Å². The van der Waals surface area contributed by atoms with E-state index in [0.717, 1.165) is 0 Å². The molecule has 72 valence electrons. The Labute approximate surface area is 85.5 Å². The minimum absolute atomic E-state index is 0.0284. The van der Waals surface area contributed by atoms with Crippen molar-refractivity contribution in [1.29, 1.82) is 0 Å². The number of nitrogens with zero attached hydrogens (tertiary/aromatic N) is 1. The highest BCUT2D eigenvalue weighted by Crippen LogP contribution is 2.29. The monoisotopic (exact) mass is 210 g/mol. The van der Waals surface area contributed by atoms with E-state index in [2.05, 4.69) is 5.32 Å². The molecular formula is C9H7ClN2O2. The number of carbonyl (C=O) groups is 2. The van der Waals surface area contributed by atoms with Crippen molar-refractivity contribution >= 4 is 34.2 Å². The van der Waals surface area contributed by atoms with Gasteiger partial charge in [-0.3, -0.25) is 14.5 Å². The molecule has 0 radical (unpaired) electrons. The fraction of sp³-hybridized carbons (Fsp3) is 0.111. The van der Waals surface area contributed by atoms with Gasteiger partial charge in [0.05, 0.1) is 11.4 Å². The lowest BCUT2D eigenvalue weighted by molar-refractivity contribution is -0.115. The Balaban J connectivity index is 2.48. The van der Waals surface area contributed by atoms with E-state index in [4.69, 9.17) is 11.6 Å². The molecule has 0 spiro atoms. The summed E-state index contributed by atoms with van der Waals surface area (Å²) >= 11 is 5.36. The topological polar surface area (TPSA) is 49.4 Å². The first-order valence-corrected chi connectivity index (χ1v) is 4.42. The van der Waals surface area contributed by atoms with Gasteiger partial charge in [-0.05, 0) is 23.7 Å². The first kappa shape index (κ1) is 9.02. The molecule has 5 heteroatoms. The second-order valence-corrected chi connectivity index (χ2v) is 3.23. The van der Waals surface area contributed by atoms with E-state index < -0.39 is 5.37 Å². The van der Waals surface area contributed by atoms with Crippen LogP contribution in [0.25, 0.3) is 0 Å². The number of hydrogen-bond acceptors (Lipinski definition) is 2. The van der Waals surface area contributed by atoms with Gasteiger partial charge < -0.3 is 5.32 Å². The standard InChI is InChI=1S/C9H7ClN2O2/c10-9(14)12-5-8(13)11-6-3-1-2-4-7(6)12/h1-4H,5H2,(H,11,13). The molecule has 1 aromatic rings. The average Bonchev–Trinajstić information content (AvgIpc) is 2.16. The van der Waals surface area contributed by atoms with Crippen LogP contribution in [-0.4, -0.2) is 17.8 Å². The van der Waals surface area contributed by atoms with E-state index in [1.807, 2.05) is 0 Å². The lowest BCUT2D eigenvalue weighted by Crippen LogP contribution is -2.39. The highest BCUT2D eigenvalue weighted by atomic mass is 35.5. The minimum Gasteiger partial charge on any atom is -0.323 e. The van der Waals surface area contributed by atoms with Crippen LogP contribution in [0, 0.1) is 0 Å². The number of rotatable bonds is 0. The van der Waals surface area contributed by atoms with Crippen LogP contribution in [0.1, 0.15) is 0 Å². The molecule has 1 aliphatic rings. The van der Waals surface area contributed by atoms with Gasteiger partial charge in [-0.2, -0.15) is 0 Å². The summed E-state index contributed by atoms with van der Waals surface area (Å²) < 4.78 is 0. The van der Waals surface area contributed by atoms with Crippen LogP contribution in [-0.2, 0) is 4.79 Å². The number of carbonyl (C=O) groups excluding carboxylic acids is 2. The van der Waals surface area contributed by atoms with Crippen molar-refractivity contribution in [2.45, 2.75) is 0 Å². The number of hydrogen-bond donors (Lipinski definition) is 1. The molecule has 1 heterocycles. The van der Waals surface area contributed by atoms with Crippen molar-refractivity contribution in [2.75, 3.05) is 16.8 Å². The van der Waals surface area contributed by atoms with Gasteiger partial charge in [0.15, 0.2) is 0 Å². The van der Waals surface area contributed by atoms with Gasteiger partial charge >= 0.3 is 5.37 Å². The molecule has 0 atom stereocenters. The van der Waals surface area contributed by atoms with Crippen molar-refractivity contribution in [1.82, 2.24) is 0 Å². The Bertz CT molecular complexity index is 406. The summed E-state index contributed by atoms with van der Waals surface area (Å²) in [7, 11) is 0. The van der Waals surface area contributed by atoms with Gasteiger partial charge in [0, 0.05) is 0 Å². The molecular weight excluding hydrogens is 204 g/mol. The first-order valence-electron chi connectivity index (χ1n) is 4.04. The van der Waals surface area contributed by atoms with Gasteiger partial charge in [0.25, 0.3) is 0 Å². The minimum atomic E-state index is -0.646. The van der Waals surface area contributed by atoms with Gasteiger partial charge in [0.1, 0.15) is 6.54 Å². The van der Waals surface area contributed by atoms with Crippen molar-refractivity contribution in [3.05, 3.63) is 24.3 Å². The summed E-state index contributed by atoms with van der Waals surface area (Å²) in [5.41, 5.74) is 1.24. The fourth-order valence-electron chi connectivity index (χ4n) is 1.39. The van der Waals surface area contributed by atoms with Gasteiger partial charge in [-0.1, -0.05) is 12.1 Å². The zero-order valence-corrected chi connectivity index (χ0v) is 7.91. The molecule has 0 unspecified atom stereocenters. The molecule has 0 aromatic heterocycles. The molecule has 0 fully saturated rings. The van der Waals surface area contributed by atoms with E-state index >= 15 is 0 Å². The van der Waals surface area contributed by atoms with E-state index in [1.165, 1.54) is 4.90 Å². The number of amides is 2. The van der Waals surface area contributed by atoms with E-state index in [-0.39, 0.29) is 12.5 Å². The SMILES string of the molecule is O=C1CN(C(=O)Cl)c2ccccc2N1. The predicted octanol–water partition coefficient (Wildman–Crippen LogP) is 1.80. The molecule has 0 saturated carbocycles. The maximum atomic E-state index is 11.2. The lowest BCUT2D eigenvalue weighted by atomic mass is 10.2. The summed E-state index contributed by atoms with van der Waals surface area (Å²) in [5.74, 6) is -0.238. The number of anilines is 2. The summed E-state index contributed by atoms with van der Waals surface area (Å²) in [6.07, 6.45) is 0. The molecule has 1 N–H and O–H groups in total. The van der Waals surface area contributed by atoms with Crippen LogP contribution in [0.2, 0.25) is 0 Å². The number of halogens is 1. The largest absolute Gasteiger partial charge is 0.323 e. The summed E-state index contributed by atoms with van der Waals surface area (Å²) in [6, 6.07) is 7.01. The fourth-order valence-corrected chi connectivity index (χ4v) is 1.54. The zero-order valence-electron chi connectivity index (χ0n) is 7.16. The molecule has 1 aromatic carbocycles. The van der Waals surface area contributed by atoms with E-state index in [1.54, 1.807) is 24.3 Å². The van der Waals surface area contributed by atoms with Crippen LogP contribution >= 0.6 is 11.6 Å².